The second-order valence-corrected chi connectivity index (χ2v) is 11.1. The minimum absolute atomic E-state index is 0. The molecule has 0 amide bonds. The molecule has 1 aromatic carbocycles. The van der Waals surface area contributed by atoms with Crippen LogP contribution in [0, 0.1) is 5.92 Å². The lowest BCUT2D eigenvalue weighted by atomic mass is 9.83. The van der Waals surface area contributed by atoms with Gasteiger partial charge in [0.2, 0.25) is 10.0 Å². The fourth-order valence-electron chi connectivity index (χ4n) is 4.88. The molecule has 2 N–H and O–H groups in total. The first-order valence-electron chi connectivity index (χ1n) is 10.9. The van der Waals surface area contributed by atoms with E-state index in [9.17, 15) is 8.42 Å². The van der Waals surface area contributed by atoms with Crippen molar-refractivity contribution < 1.29 is 8.42 Å². The van der Waals surface area contributed by atoms with E-state index in [1.807, 2.05) is 13.8 Å². The average molecular weight is 564 g/mol. The normalized spacial score (nSPS) is 23.1. The second-order valence-electron chi connectivity index (χ2n) is 9.32. The van der Waals surface area contributed by atoms with Crippen molar-refractivity contribution in [3.05, 3.63) is 35.9 Å². The van der Waals surface area contributed by atoms with Gasteiger partial charge in [-0.25, -0.2) is 13.1 Å². The van der Waals surface area contributed by atoms with Gasteiger partial charge in [-0.1, -0.05) is 30.3 Å². The van der Waals surface area contributed by atoms with Crippen molar-refractivity contribution in [3.63, 3.8) is 0 Å². The van der Waals surface area contributed by atoms with Crippen LogP contribution in [-0.2, 0) is 16.6 Å². The summed E-state index contributed by atoms with van der Waals surface area (Å²) < 4.78 is 25.9. The summed E-state index contributed by atoms with van der Waals surface area (Å²) in [5, 5.41) is 3.38. The van der Waals surface area contributed by atoms with E-state index in [1.165, 1.54) is 31.2 Å². The van der Waals surface area contributed by atoms with Crippen molar-refractivity contribution in [1.29, 1.82) is 0 Å². The Balaban J connectivity index is 0.00000341. The number of sulfonamides is 1. The number of rotatable bonds is 6. The molecule has 2 aliphatic rings. The van der Waals surface area contributed by atoms with Crippen LogP contribution in [0.4, 0.5) is 0 Å². The van der Waals surface area contributed by atoms with E-state index in [0.717, 1.165) is 32.0 Å². The summed E-state index contributed by atoms with van der Waals surface area (Å²) in [6.45, 7) is 8.40. The molecule has 0 saturated carbocycles. The molecular formula is C22H38IN5O2S. The molecule has 3 rings (SSSR count). The third-order valence-electron chi connectivity index (χ3n) is 6.07. The largest absolute Gasteiger partial charge is 0.354 e. The minimum Gasteiger partial charge on any atom is -0.354 e. The average Bonchev–Trinajstić information content (AvgIpc) is 2.67. The zero-order chi connectivity index (χ0) is 21.8. The molecule has 2 heterocycles. The predicted molar refractivity (Wildman–Crippen MR) is 138 cm³/mol. The monoisotopic (exact) mass is 563 g/mol. The number of guanidine groups is 1. The molecule has 176 valence electrons. The Labute approximate surface area is 205 Å². The Morgan fingerprint density at radius 2 is 1.90 bits per heavy atom. The third-order valence-corrected chi connectivity index (χ3v) is 7.00. The van der Waals surface area contributed by atoms with Crippen LogP contribution in [0.15, 0.2) is 35.3 Å². The summed E-state index contributed by atoms with van der Waals surface area (Å²) in [6.07, 6.45) is 4.81. The predicted octanol–water partition coefficient (Wildman–Crippen LogP) is 2.49. The lowest BCUT2D eigenvalue weighted by Crippen LogP contribution is -2.58. The Bertz CT molecular complexity index is 832. The van der Waals surface area contributed by atoms with Crippen LogP contribution >= 0.6 is 24.0 Å². The van der Waals surface area contributed by atoms with Crippen molar-refractivity contribution in [2.24, 2.45) is 10.9 Å². The first-order valence-corrected chi connectivity index (χ1v) is 12.8. The first-order chi connectivity index (χ1) is 14.2. The zero-order valence-corrected chi connectivity index (χ0v) is 22.3. The maximum absolute atomic E-state index is 11.6. The van der Waals surface area contributed by atoms with Crippen molar-refractivity contribution in [3.8, 4) is 0 Å². The van der Waals surface area contributed by atoms with E-state index in [1.54, 1.807) is 7.05 Å². The highest BCUT2D eigenvalue weighted by atomic mass is 127. The van der Waals surface area contributed by atoms with Gasteiger partial charge in [0, 0.05) is 44.8 Å². The number of halogens is 1. The number of hydrogen-bond donors (Lipinski definition) is 2. The van der Waals surface area contributed by atoms with Gasteiger partial charge in [-0.3, -0.25) is 9.89 Å². The molecule has 0 radical (unpaired) electrons. The third kappa shape index (κ3) is 7.87. The van der Waals surface area contributed by atoms with E-state index >= 15 is 0 Å². The van der Waals surface area contributed by atoms with Gasteiger partial charge in [-0.05, 0) is 51.1 Å². The molecule has 0 aliphatic carbocycles. The van der Waals surface area contributed by atoms with Crippen LogP contribution in [0.5, 0.6) is 0 Å². The standard InChI is InChI=1S/C22H37N5O2S.HI/c1-22(2,25-30(4,28)29)17-24-21(23-3)27-14-12-20-19(16-27)11-8-13-26(20)15-18-9-6-5-7-10-18;/h5-7,9-10,19-20,25H,8,11-17H2,1-4H3,(H,23,24);1H. The molecule has 2 atom stereocenters. The molecule has 0 aromatic heterocycles. The molecule has 0 bridgehead atoms. The summed E-state index contributed by atoms with van der Waals surface area (Å²) >= 11 is 0. The fourth-order valence-corrected chi connectivity index (χ4v) is 5.96. The lowest BCUT2D eigenvalue weighted by molar-refractivity contribution is 0.0372. The maximum Gasteiger partial charge on any atom is 0.209 e. The smallest absolute Gasteiger partial charge is 0.209 e. The highest BCUT2D eigenvalue weighted by Crippen LogP contribution is 2.31. The summed E-state index contributed by atoms with van der Waals surface area (Å²) in [6, 6.07) is 11.4. The molecule has 2 aliphatic heterocycles. The SMILES string of the molecule is CN=C(NCC(C)(C)NS(C)(=O)=O)N1CCC2C(CCCN2Cc2ccccc2)C1.I. The van der Waals surface area contributed by atoms with Crippen molar-refractivity contribution in [1.82, 2.24) is 19.8 Å². The molecule has 31 heavy (non-hydrogen) atoms. The Morgan fingerprint density at radius 1 is 1.19 bits per heavy atom. The van der Waals surface area contributed by atoms with Crippen LogP contribution in [0.3, 0.4) is 0 Å². The highest BCUT2D eigenvalue weighted by Gasteiger charge is 2.37. The number of benzene rings is 1. The van der Waals surface area contributed by atoms with Gasteiger partial charge in [0.05, 0.1) is 6.26 Å². The Morgan fingerprint density at radius 3 is 2.55 bits per heavy atom. The molecule has 7 nitrogen and oxygen atoms in total. The second kappa shape index (κ2) is 11.3. The van der Waals surface area contributed by atoms with Gasteiger partial charge < -0.3 is 10.2 Å². The minimum atomic E-state index is -3.26. The summed E-state index contributed by atoms with van der Waals surface area (Å²) in [5.41, 5.74) is 0.803. The van der Waals surface area contributed by atoms with Crippen LogP contribution < -0.4 is 10.0 Å². The summed E-state index contributed by atoms with van der Waals surface area (Å²) in [7, 11) is -1.46. The first kappa shape index (κ1) is 26.3. The van der Waals surface area contributed by atoms with Gasteiger partial charge in [0.15, 0.2) is 5.96 Å². The molecular weight excluding hydrogens is 525 g/mol. The van der Waals surface area contributed by atoms with Crippen molar-refractivity contribution in [2.45, 2.75) is 51.2 Å². The van der Waals surface area contributed by atoms with Crippen molar-refractivity contribution in [2.75, 3.05) is 39.5 Å². The van der Waals surface area contributed by atoms with Crippen LogP contribution in [0.25, 0.3) is 0 Å². The molecule has 2 fully saturated rings. The van der Waals surface area contributed by atoms with E-state index in [-0.39, 0.29) is 24.0 Å². The van der Waals surface area contributed by atoms with E-state index in [2.05, 4.69) is 55.2 Å². The van der Waals surface area contributed by atoms with Crippen LogP contribution in [0.2, 0.25) is 0 Å². The zero-order valence-electron chi connectivity index (χ0n) is 19.2. The molecule has 9 heteroatoms. The van der Waals surface area contributed by atoms with E-state index < -0.39 is 15.6 Å². The lowest BCUT2D eigenvalue weighted by Gasteiger charge is -2.48. The topological polar surface area (TPSA) is 77.0 Å². The van der Waals surface area contributed by atoms with Gasteiger partial charge in [-0.15, -0.1) is 24.0 Å². The Kier molecular flexibility index (Phi) is 9.59. The number of hydrogen-bond acceptors (Lipinski definition) is 4. The molecule has 2 saturated heterocycles. The maximum atomic E-state index is 11.6. The van der Waals surface area contributed by atoms with Crippen LogP contribution in [-0.4, -0.2) is 75.2 Å². The number of likely N-dealkylation sites (tertiary alicyclic amines) is 2. The fraction of sp³-hybridized carbons (Fsp3) is 0.682. The van der Waals surface area contributed by atoms with Gasteiger partial charge >= 0.3 is 0 Å². The van der Waals surface area contributed by atoms with Crippen molar-refractivity contribution >= 4 is 40.0 Å². The Hall–Kier alpha value is -0.910. The van der Waals surface area contributed by atoms with Gasteiger partial charge in [-0.2, -0.15) is 0 Å². The molecule has 1 aromatic rings. The molecule has 2 unspecified atom stereocenters. The van der Waals surface area contributed by atoms with E-state index in [0.29, 0.717) is 18.5 Å². The number of fused-ring (bicyclic) bond motifs is 1. The number of piperidine rings is 2. The number of aliphatic imine (C=N–C) groups is 1. The summed E-state index contributed by atoms with van der Waals surface area (Å²) in [4.78, 5) is 9.48. The van der Waals surface area contributed by atoms with Gasteiger partial charge in [0.1, 0.15) is 0 Å². The van der Waals surface area contributed by atoms with Gasteiger partial charge in [0.25, 0.3) is 0 Å². The quantitative estimate of drug-likeness (QED) is 0.316. The molecule has 0 spiro atoms. The highest BCUT2D eigenvalue weighted by molar-refractivity contribution is 14.0. The van der Waals surface area contributed by atoms with Crippen LogP contribution in [0.1, 0.15) is 38.7 Å². The number of nitrogens with zero attached hydrogens (tertiary/aromatic N) is 3. The summed E-state index contributed by atoms with van der Waals surface area (Å²) in [5.74, 6) is 1.49. The van der Waals surface area contributed by atoms with E-state index in [4.69, 9.17) is 0 Å². The number of nitrogens with one attached hydrogen (secondary N) is 2.